The maximum atomic E-state index is 11.9. The van der Waals surface area contributed by atoms with Crippen LogP contribution in [0.4, 0.5) is 4.79 Å². The van der Waals surface area contributed by atoms with Gasteiger partial charge in [0.15, 0.2) is 0 Å². The average Bonchev–Trinajstić information content (AvgIpc) is 2.27. The van der Waals surface area contributed by atoms with E-state index >= 15 is 0 Å². The van der Waals surface area contributed by atoms with E-state index in [1.807, 2.05) is 0 Å². The van der Waals surface area contributed by atoms with Gasteiger partial charge in [-0.15, -0.1) is 0 Å². The second-order valence-corrected chi connectivity index (χ2v) is 4.38. The fourth-order valence-corrected chi connectivity index (χ4v) is 1.47. The number of nitrogens with two attached hydrogens (primary N) is 1. The minimum atomic E-state index is -1.35. The summed E-state index contributed by atoms with van der Waals surface area (Å²) in [7, 11) is 0. The Balaban J connectivity index is 4.65. The van der Waals surface area contributed by atoms with Crippen LogP contribution in [0.15, 0.2) is 0 Å². The van der Waals surface area contributed by atoms with Crippen molar-refractivity contribution in [3.8, 4) is 0 Å². The lowest BCUT2D eigenvalue weighted by Crippen LogP contribution is -2.51. The first kappa shape index (κ1) is 17.2. The van der Waals surface area contributed by atoms with Gasteiger partial charge in [0.2, 0.25) is 5.91 Å². The molecule has 19 heavy (non-hydrogen) atoms. The minimum absolute atomic E-state index is 0.0693. The number of carboxylic acid groups (broad SMARTS) is 1. The number of aliphatic hydroxyl groups is 1. The van der Waals surface area contributed by atoms with E-state index in [0.717, 1.165) is 0 Å². The molecule has 0 aliphatic carbocycles. The van der Waals surface area contributed by atoms with Crippen molar-refractivity contribution in [2.45, 2.75) is 38.8 Å². The third-order valence-electron chi connectivity index (χ3n) is 2.44. The van der Waals surface area contributed by atoms with Crippen LogP contribution in [-0.2, 0) is 9.59 Å². The molecule has 1 unspecified atom stereocenters. The number of rotatable bonds is 8. The number of carbonyl (C=O) groups excluding carboxylic acids is 2. The van der Waals surface area contributed by atoms with Crippen LogP contribution >= 0.6 is 0 Å². The van der Waals surface area contributed by atoms with Crippen LogP contribution < -0.4 is 11.1 Å². The molecule has 0 heterocycles. The summed E-state index contributed by atoms with van der Waals surface area (Å²) in [6.07, 6.45) is -0.0772. The maximum Gasteiger partial charge on any atom is 0.326 e. The molecule has 0 rings (SSSR count). The number of carboxylic acids is 1. The Kier molecular flexibility index (Phi) is 7.50. The number of aliphatic hydroxyl groups excluding tert-OH is 1. The lowest BCUT2D eigenvalue weighted by atomic mass is 10.2. The topological polar surface area (TPSA) is 133 Å². The number of hydrogen-bond donors (Lipinski definition) is 4. The van der Waals surface area contributed by atoms with Crippen molar-refractivity contribution in [3.63, 3.8) is 0 Å². The summed E-state index contributed by atoms with van der Waals surface area (Å²) in [6.45, 7) is 3.75. The van der Waals surface area contributed by atoms with E-state index in [9.17, 15) is 14.4 Å². The van der Waals surface area contributed by atoms with Crippen LogP contribution in [-0.4, -0.2) is 58.3 Å². The Labute approximate surface area is 111 Å². The van der Waals surface area contributed by atoms with E-state index in [4.69, 9.17) is 15.9 Å². The number of primary amides is 1. The second-order valence-electron chi connectivity index (χ2n) is 4.38. The van der Waals surface area contributed by atoms with E-state index in [-0.39, 0.29) is 12.6 Å². The highest BCUT2D eigenvalue weighted by molar-refractivity contribution is 5.87. The number of hydrogen-bond acceptors (Lipinski definition) is 4. The zero-order valence-electron chi connectivity index (χ0n) is 11.1. The summed E-state index contributed by atoms with van der Waals surface area (Å²) >= 11 is 0. The summed E-state index contributed by atoms with van der Waals surface area (Å²) in [4.78, 5) is 34.9. The van der Waals surface area contributed by atoms with E-state index < -0.39 is 30.4 Å². The largest absolute Gasteiger partial charge is 0.480 e. The molecule has 0 aromatic carbocycles. The number of amides is 3. The van der Waals surface area contributed by atoms with Crippen molar-refractivity contribution in [1.29, 1.82) is 0 Å². The van der Waals surface area contributed by atoms with E-state index in [1.165, 1.54) is 4.90 Å². The van der Waals surface area contributed by atoms with Gasteiger partial charge in [0, 0.05) is 19.2 Å². The summed E-state index contributed by atoms with van der Waals surface area (Å²) in [5.41, 5.74) is 4.92. The number of aliphatic carboxylic acids is 1. The highest BCUT2D eigenvalue weighted by Gasteiger charge is 2.25. The monoisotopic (exact) mass is 275 g/mol. The van der Waals surface area contributed by atoms with Crippen molar-refractivity contribution in [2.75, 3.05) is 13.2 Å². The molecule has 110 valence electrons. The molecule has 0 saturated carbocycles. The zero-order valence-corrected chi connectivity index (χ0v) is 11.1. The quantitative estimate of drug-likeness (QED) is 0.456. The number of carbonyl (C=O) groups is 3. The summed E-state index contributed by atoms with van der Waals surface area (Å²) in [6, 6.07) is -2.10. The molecule has 0 radical (unpaired) electrons. The third-order valence-corrected chi connectivity index (χ3v) is 2.44. The summed E-state index contributed by atoms with van der Waals surface area (Å²) in [5, 5.41) is 19.9. The number of nitrogens with zero attached hydrogens (tertiary/aromatic N) is 1. The van der Waals surface area contributed by atoms with Crippen molar-refractivity contribution in [2.24, 2.45) is 5.73 Å². The molecule has 5 N–H and O–H groups in total. The molecule has 0 bridgehead atoms. The molecule has 0 fully saturated rings. The Morgan fingerprint density at radius 2 is 1.89 bits per heavy atom. The van der Waals surface area contributed by atoms with E-state index in [1.54, 1.807) is 13.8 Å². The molecule has 0 aliphatic heterocycles. The van der Waals surface area contributed by atoms with Crippen LogP contribution in [0.2, 0.25) is 0 Å². The third kappa shape index (κ3) is 6.61. The fourth-order valence-electron chi connectivity index (χ4n) is 1.47. The van der Waals surface area contributed by atoms with Crippen LogP contribution in [0.25, 0.3) is 0 Å². The first-order valence-corrected chi connectivity index (χ1v) is 5.98. The van der Waals surface area contributed by atoms with Crippen molar-refractivity contribution in [3.05, 3.63) is 0 Å². The van der Waals surface area contributed by atoms with Crippen LogP contribution in [0.5, 0.6) is 0 Å². The predicted octanol–water partition coefficient (Wildman–Crippen LogP) is -0.883. The van der Waals surface area contributed by atoms with E-state index in [2.05, 4.69) is 5.32 Å². The molecule has 0 aliphatic rings. The van der Waals surface area contributed by atoms with Gasteiger partial charge in [-0.1, -0.05) is 0 Å². The van der Waals surface area contributed by atoms with Crippen LogP contribution in [0, 0.1) is 0 Å². The standard InChI is InChI=1S/C11H21N3O5/c1-7(2)14(4-3-5-15)11(19)13-8(10(17)18)6-9(12)16/h7-8,15H,3-6H2,1-2H3,(H2,12,16)(H,13,19)(H,17,18). The lowest BCUT2D eigenvalue weighted by molar-refractivity contribution is -0.141. The normalized spacial score (nSPS) is 12.0. The van der Waals surface area contributed by atoms with Gasteiger partial charge < -0.3 is 26.2 Å². The fraction of sp³-hybridized carbons (Fsp3) is 0.727. The molecular weight excluding hydrogens is 254 g/mol. The second kappa shape index (κ2) is 8.30. The van der Waals surface area contributed by atoms with E-state index in [0.29, 0.717) is 13.0 Å². The van der Waals surface area contributed by atoms with Crippen LogP contribution in [0.3, 0.4) is 0 Å². The van der Waals surface area contributed by atoms with Gasteiger partial charge >= 0.3 is 12.0 Å². The molecular formula is C11H21N3O5. The minimum Gasteiger partial charge on any atom is -0.480 e. The molecule has 0 saturated heterocycles. The first-order chi connectivity index (χ1) is 8.79. The molecule has 0 spiro atoms. The zero-order chi connectivity index (χ0) is 15.0. The predicted molar refractivity (Wildman–Crippen MR) is 67.3 cm³/mol. The Bertz CT molecular complexity index is 332. The average molecular weight is 275 g/mol. The molecule has 0 aromatic rings. The Morgan fingerprint density at radius 1 is 1.32 bits per heavy atom. The first-order valence-electron chi connectivity index (χ1n) is 5.98. The number of nitrogens with one attached hydrogen (secondary N) is 1. The van der Waals surface area contributed by atoms with Crippen molar-refractivity contribution in [1.82, 2.24) is 10.2 Å². The molecule has 8 nitrogen and oxygen atoms in total. The van der Waals surface area contributed by atoms with Gasteiger partial charge in [0.05, 0.1) is 6.42 Å². The van der Waals surface area contributed by atoms with Gasteiger partial charge in [-0.2, -0.15) is 0 Å². The summed E-state index contributed by atoms with van der Waals surface area (Å²) in [5.74, 6) is -2.13. The highest BCUT2D eigenvalue weighted by Crippen LogP contribution is 2.02. The lowest BCUT2D eigenvalue weighted by Gasteiger charge is -2.28. The Hall–Kier alpha value is -1.83. The van der Waals surface area contributed by atoms with Gasteiger partial charge in [0.1, 0.15) is 6.04 Å². The van der Waals surface area contributed by atoms with Crippen molar-refractivity contribution < 1.29 is 24.6 Å². The number of urea groups is 1. The van der Waals surface area contributed by atoms with Gasteiger partial charge in [-0.3, -0.25) is 4.79 Å². The smallest absolute Gasteiger partial charge is 0.326 e. The highest BCUT2D eigenvalue weighted by atomic mass is 16.4. The maximum absolute atomic E-state index is 11.9. The summed E-state index contributed by atoms with van der Waals surface area (Å²) < 4.78 is 0. The van der Waals surface area contributed by atoms with Gasteiger partial charge in [0.25, 0.3) is 0 Å². The van der Waals surface area contributed by atoms with Crippen LogP contribution in [0.1, 0.15) is 26.7 Å². The molecule has 0 aromatic heterocycles. The Morgan fingerprint density at radius 3 is 2.26 bits per heavy atom. The molecule has 8 heteroatoms. The molecule has 3 amide bonds. The van der Waals surface area contributed by atoms with Gasteiger partial charge in [-0.25, -0.2) is 9.59 Å². The van der Waals surface area contributed by atoms with Gasteiger partial charge in [-0.05, 0) is 20.3 Å². The van der Waals surface area contributed by atoms with Crippen molar-refractivity contribution >= 4 is 17.9 Å². The SMILES string of the molecule is CC(C)N(CCCO)C(=O)NC(CC(N)=O)C(=O)O. The molecule has 1 atom stereocenters.